The van der Waals surface area contributed by atoms with E-state index in [0.29, 0.717) is 12.0 Å². The first kappa shape index (κ1) is 8.98. The molecule has 1 nitrogen and oxygen atoms in total. The molecule has 0 N–H and O–H groups in total. The van der Waals surface area contributed by atoms with E-state index < -0.39 is 0 Å². The maximum Gasteiger partial charge on any atom is 0.0745 e. The van der Waals surface area contributed by atoms with Crippen LogP contribution in [0.2, 0.25) is 0 Å². The first-order chi connectivity index (χ1) is 5.74. The van der Waals surface area contributed by atoms with Crippen LogP contribution in [0.3, 0.4) is 0 Å². The monoisotopic (exact) mass is 161 g/mol. The van der Waals surface area contributed by atoms with Crippen LogP contribution >= 0.6 is 0 Å². The van der Waals surface area contributed by atoms with Crippen molar-refractivity contribution < 1.29 is 0 Å². The molecule has 2 atom stereocenters. The third kappa shape index (κ3) is 2.19. The molecule has 0 fully saturated rings. The number of allylic oxidation sites excluding steroid dienone is 3. The zero-order valence-corrected chi connectivity index (χ0v) is 7.70. The number of nitrogens with zero attached hydrogens (tertiary/aromatic N) is 1. The van der Waals surface area contributed by atoms with E-state index in [1.54, 1.807) is 12.3 Å². The van der Waals surface area contributed by atoms with Gasteiger partial charge >= 0.3 is 0 Å². The molecule has 0 saturated heterocycles. The lowest BCUT2D eigenvalue weighted by Gasteiger charge is -2.17. The smallest absolute Gasteiger partial charge is 0.0745 e. The molecule has 0 aliphatic heterocycles. The Morgan fingerprint density at radius 2 is 2.33 bits per heavy atom. The van der Waals surface area contributed by atoms with Crippen molar-refractivity contribution in [3.63, 3.8) is 0 Å². The van der Waals surface area contributed by atoms with E-state index in [2.05, 4.69) is 43.6 Å². The molecule has 1 heteroatoms. The highest BCUT2D eigenvalue weighted by Gasteiger charge is 2.12. The Bertz CT molecular complexity index is 246. The minimum Gasteiger partial charge on any atom is -0.285 e. The van der Waals surface area contributed by atoms with Crippen molar-refractivity contribution in [2.45, 2.75) is 19.9 Å². The van der Waals surface area contributed by atoms with Crippen LogP contribution in [0.25, 0.3) is 0 Å². The summed E-state index contributed by atoms with van der Waals surface area (Å²) in [7, 11) is 0. The summed E-state index contributed by atoms with van der Waals surface area (Å²) in [5.74, 6) is 0.505. The van der Waals surface area contributed by atoms with Gasteiger partial charge in [-0.3, -0.25) is 4.99 Å². The Balaban J connectivity index is 2.70. The van der Waals surface area contributed by atoms with Crippen LogP contribution < -0.4 is 0 Å². The van der Waals surface area contributed by atoms with E-state index in [0.717, 1.165) is 0 Å². The molecule has 64 valence electrons. The van der Waals surface area contributed by atoms with Gasteiger partial charge in [0.2, 0.25) is 0 Å². The van der Waals surface area contributed by atoms with Crippen LogP contribution in [-0.2, 0) is 0 Å². The molecule has 0 radical (unpaired) electrons. The van der Waals surface area contributed by atoms with Gasteiger partial charge in [0.25, 0.3) is 0 Å². The largest absolute Gasteiger partial charge is 0.285 e. The molecular weight excluding hydrogens is 146 g/mol. The molecule has 0 aromatic heterocycles. The van der Waals surface area contributed by atoms with Gasteiger partial charge < -0.3 is 0 Å². The number of aliphatic imine (C=N–C) groups is 1. The van der Waals surface area contributed by atoms with Crippen LogP contribution in [0, 0.1) is 5.92 Å². The first-order valence-corrected chi connectivity index (χ1v) is 4.25. The maximum absolute atomic E-state index is 4.36. The molecular formula is C11H15N. The highest BCUT2D eigenvalue weighted by atomic mass is 14.8. The second-order valence-electron chi connectivity index (χ2n) is 3.15. The second kappa shape index (κ2) is 4.05. The summed E-state index contributed by atoms with van der Waals surface area (Å²) in [6.45, 7) is 7.87. The van der Waals surface area contributed by atoms with Gasteiger partial charge in [-0.2, -0.15) is 0 Å². The van der Waals surface area contributed by atoms with Crippen LogP contribution in [0.4, 0.5) is 0 Å². The molecule has 1 aliphatic rings. The Morgan fingerprint density at radius 3 is 3.00 bits per heavy atom. The summed E-state index contributed by atoms with van der Waals surface area (Å²) in [6, 6.07) is 0.299. The van der Waals surface area contributed by atoms with Crippen LogP contribution in [0.1, 0.15) is 13.8 Å². The molecule has 1 aliphatic carbocycles. The van der Waals surface area contributed by atoms with E-state index in [1.165, 1.54) is 5.57 Å². The standard InChI is InChI=1S/C11H15N/c1-4-7-12-11-8-9(2)5-6-10(11)3/h4-8,10-11H,1H2,2-3H3. The normalized spacial score (nSPS) is 29.0. The van der Waals surface area contributed by atoms with Crippen LogP contribution in [0.15, 0.2) is 41.4 Å². The summed E-state index contributed by atoms with van der Waals surface area (Å²) >= 11 is 0. The molecule has 2 unspecified atom stereocenters. The van der Waals surface area contributed by atoms with Crippen LogP contribution in [-0.4, -0.2) is 12.3 Å². The number of rotatable bonds is 2. The highest BCUT2D eigenvalue weighted by Crippen LogP contribution is 2.18. The summed E-state index contributed by atoms with van der Waals surface area (Å²) in [5.41, 5.74) is 1.29. The van der Waals surface area contributed by atoms with Crippen molar-refractivity contribution in [3.05, 3.63) is 36.5 Å². The third-order valence-corrected chi connectivity index (χ3v) is 2.00. The first-order valence-electron chi connectivity index (χ1n) is 4.25. The maximum atomic E-state index is 4.36. The zero-order chi connectivity index (χ0) is 8.97. The fourth-order valence-electron chi connectivity index (χ4n) is 1.23. The van der Waals surface area contributed by atoms with E-state index >= 15 is 0 Å². The lowest BCUT2D eigenvalue weighted by molar-refractivity contribution is 0.625. The number of hydrogen-bond donors (Lipinski definition) is 0. The van der Waals surface area contributed by atoms with Gasteiger partial charge in [0.05, 0.1) is 6.04 Å². The third-order valence-electron chi connectivity index (χ3n) is 2.00. The fraction of sp³-hybridized carbons (Fsp3) is 0.364. The molecule has 0 heterocycles. The van der Waals surface area contributed by atoms with E-state index in [9.17, 15) is 0 Å². The van der Waals surface area contributed by atoms with Gasteiger partial charge in [0.15, 0.2) is 0 Å². The molecule has 0 bridgehead atoms. The van der Waals surface area contributed by atoms with Gasteiger partial charge in [-0.15, -0.1) is 0 Å². The summed E-state index contributed by atoms with van der Waals surface area (Å²) in [4.78, 5) is 4.36. The average molecular weight is 161 g/mol. The average Bonchev–Trinajstić information content (AvgIpc) is 2.07. The second-order valence-corrected chi connectivity index (χ2v) is 3.15. The Morgan fingerprint density at radius 1 is 1.58 bits per heavy atom. The van der Waals surface area contributed by atoms with Crippen molar-refractivity contribution in [2.24, 2.45) is 10.9 Å². The summed E-state index contributed by atoms with van der Waals surface area (Å²) in [6.07, 6.45) is 10.0. The zero-order valence-electron chi connectivity index (χ0n) is 7.70. The Hall–Kier alpha value is -1.11. The predicted octanol–water partition coefficient (Wildman–Crippen LogP) is 2.76. The van der Waals surface area contributed by atoms with Crippen molar-refractivity contribution in [2.75, 3.05) is 0 Å². The van der Waals surface area contributed by atoms with Gasteiger partial charge in [-0.05, 0) is 6.92 Å². The Kier molecular flexibility index (Phi) is 3.03. The van der Waals surface area contributed by atoms with Gasteiger partial charge in [0.1, 0.15) is 0 Å². The lowest BCUT2D eigenvalue weighted by Crippen LogP contribution is -2.14. The van der Waals surface area contributed by atoms with Crippen LogP contribution in [0.5, 0.6) is 0 Å². The highest BCUT2D eigenvalue weighted by molar-refractivity contribution is 5.70. The van der Waals surface area contributed by atoms with Crippen molar-refractivity contribution in [1.29, 1.82) is 0 Å². The molecule has 0 aromatic carbocycles. The van der Waals surface area contributed by atoms with Gasteiger partial charge in [-0.1, -0.05) is 43.4 Å². The van der Waals surface area contributed by atoms with Crippen molar-refractivity contribution in [3.8, 4) is 0 Å². The SMILES string of the molecule is C=CC=NC1C=C(C)C=CC1C. The lowest BCUT2D eigenvalue weighted by atomic mass is 9.94. The van der Waals surface area contributed by atoms with Gasteiger partial charge in [-0.25, -0.2) is 0 Å². The number of hydrogen-bond acceptors (Lipinski definition) is 1. The van der Waals surface area contributed by atoms with Gasteiger partial charge in [0, 0.05) is 12.1 Å². The predicted molar refractivity (Wildman–Crippen MR) is 54.5 cm³/mol. The Labute approximate surface area is 74.2 Å². The molecule has 12 heavy (non-hydrogen) atoms. The van der Waals surface area contributed by atoms with Crippen molar-refractivity contribution in [1.82, 2.24) is 0 Å². The quantitative estimate of drug-likeness (QED) is 0.552. The minimum absolute atomic E-state index is 0.299. The molecule has 0 amide bonds. The summed E-state index contributed by atoms with van der Waals surface area (Å²) in [5, 5.41) is 0. The summed E-state index contributed by atoms with van der Waals surface area (Å²) < 4.78 is 0. The molecule has 0 saturated carbocycles. The van der Waals surface area contributed by atoms with E-state index in [1.807, 2.05) is 0 Å². The molecule has 1 rings (SSSR count). The van der Waals surface area contributed by atoms with Crippen molar-refractivity contribution >= 4 is 6.21 Å². The fourth-order valence-corrected chi connectivity index (χ4v) is 1.23. The molecule has 0 aromatic rings. The topological polar surface area (TPSA) is 12.4 Å². The van der Waals surface area contributed by atoms with E-state index in [4.69, 9.17) is 0 Å². The molecule has 0 spiro atoms. The van der Waals surface area contributed by atoms with E-state index in [-0.39, 0.29) is 0 Å². The minimum atomic E-state index is 0.299.